The van der Waals surface area contributed by atoms with E-state index in [2.05, 4.69) is 21.5 Å². The van der Waals surface area contributed by atoms with Crippen LogP contribution in [0.15, 0.2) is 18.6 Å². The fraction of sp³-hybridized carbons (Fsp3) is 0.556. The molecule has 1 fully saturated rings. The fourth-order valence-corrected chi connectivity index (χ4v) is 1.97. The number of nitrogens with zero attached hydrogens (tertiary/aromatic N) is 2. The van der Waals surface area contributed by atoms with E-state index in [9.17, 15) is 0 Å². The van der Waals surface area contributed by atoms with E-state index in [0.717, 1.165) is 12.4 Å². The molecule has 0 aliphatic heterocycles. The molecule has 1 aliphatic carbocycles. The monoisotopic (exact) mass is 195 g/mol. The van der Waals surface area contributed by atoms with Crippen molar-refractivity contribution in [1.82, 2.24) is 9.97 Å². The molecule has 0 unspecified atom stereocenters. The van der Waals surface area contributed by atoms with Crippen molar-refractivity contribution >= 4 is 17.6 Å². The Morgan fingerprint density at radius 3 is 3.00 bits per heavy atom. The Bertz CT molecular complexity index is 271. The second-order valence-corrected chi connectivity index (χ2v) is 4.61. The van der Waals surface area contributed by atoms with Crippen molar-refractivity contribution in [3.63, 3.8) is 0 Å². The summed E-state index contributed by atoms with van der Waals surface area (Å²) in [7, 11) is 0. The van der Waals surface area contributed by atoms with E-state index in [1.807, 2.05) is 17.8 Å². The van der Waals surface area contributed by atoms with E-state index < -0.39 is 0 Å². The summed E-state index contributed by atoms with van der Waals surface area (Å²) in [6.07, 6.45) is 8.15. The Balaban J connectivity index is 1.86. The predicted molar refractivity (Wildman–Crippen MR) is 56.0 cm³/mol. The number of aromatic nitrogens is 2. The molecule has 0 amide bonds. The molecule has 4 heteroatoms. The van der Waals surface area contributed by atoms with Gasteiger partial charge in [-0.3, -0.25) is 0 Å². The first-order valence-corrected chi connectivity index (χ1v) is 5.62. The van der Waals surface area contributed by atoms with Gasteiger partial charge in [-0.1, -0.05) is 0 Å². The van der Waals surface area contributed by atoms with Gasteiger partial charge in [0.15, 0.2) is 0 Å². The smallest absolute Gasteiger partial charge is 0.129 e. The average Bonchev–Trinajstić information content (AvgIpc) is 2.97. The first-order chi connectivity index (χ1) is 6.35. The van der Waals surface area contributed by atoms with Gasteiger partial charge in [0.1, 0.15) is 12.1 Å². The van der Waals surface area contributed by atoms with E-state index >= 15 is 0 Å². The van der Waals surface area contributed by atoms with Crippen LogP contribution in [0.25, 0.3) is 0 Å². The number of hydrogen-bond donors (Lipinski definition) is 1. The molecule has 0 spiro atoms. The van der Waals surface area contributed by atoms with Gasteiger partial charge in [-0.2, -0.15) is 11.8 Å². The van der Waals surface area contributed by atoms with Crippen molar-refractivity contribution in [3.05, 3.63) is 18.6 Å². The largest absolute Gasteiger partial charge is 0.369 e. The lowest BCUT2D eigenvalue weighted by molar-refractivity contribution is 0.937. The molecule has 1 aliphatic rings. The third kappa shape index (κ3) is 2.12. The van der Waals surface area contributed by atoms with Gasteiger partial charge in [0.25, 0.3) is 0 Å². The van der Waals surface area contributed by atoms with Crippen LogP contribution in [0.3, 0.4) is 0 Å². The van der Waals surface area contributed by atoms with Crippen molar-refractivity contribution < 1.29 is 0 Å². The Hall–Kier alpha value is -0.770. The van der Waals surface area contributed by atoms with E-state index in [0.29, 0.717) is 4.75 Å². The number of nitrogens with one attached hydrogen (secondary N) is 1. The minimum Gasteiger partial charge on any atom is -0.369 e. The van der Waals surface area contributed by atoms with Crippen LogP contribution in [0, 0.1) is 0 Å². The van der Waals surface area contributed by atoms with Crippen LogP contribution in [0.2, 0.25) is 0 Å². The molecule has 13 heavy (non-hydrogen) atoms. The molecular formula is C9H13N3S. The maximum Gasteiger partial charge on any atom is 0.129 e. The molecule has 1 aromatic heterocycles. The summed E-state index contributed by atoms with van der Waals surface area (Å²) in [4.78, 5) is 7.98. The highest BCUT2D eigenvalue weighted by atomic mass is 32.2. The number of anilines is 1. The molecule has 0 atom stereocenters. The van der Waals surface area contributed by atoms with E-state index in [1.165, 1.54) is 12.8 Å². The van der Waals surface area contributed by atoms with Gasteiger partial charge in [0, 0.05) is 17.5 Å². The number of hydrogen-bond acceptors (Lipinski definition) is 4. The van der Waals surface area contributed by atoms with Crippen molar-refractivity contribution in [2.24, 2.45) is 0 Å². The summed E-state index contributed by atoms with van der Waals surface area (Å²) in [5.74, 6) is 0.926. The zero-order valence-corrected chi connectivity index (χ0v) is 8.47. The summed E-state index contributed by atoms with van der Waals surface area (Å²) in [5.41, 5.74) is 0. The summed E-state index contributed by atoms with van der Waals surface area (Å²) in [6, 6.07) is 1.90. The predicted octanol–water partition coefficient (Wildman–Crippen LogP) is 1.78. The third-order valence-electron chi connectivity index (χ3n) is 2.41. The maximum absolute atomic E-state index is 4.11. The van der Waals surface area contributed by atoms with Crippen LogP contribution in [-0.4, -0.2) is 27.5 Å². The minimum absolute atomic E-state index is 0.491. The molecule has 0 aromatic carbocycles. The van der Waals surface area contributed by atoms with Crippen LogP contribution in [0.1, 0.15) is 12.8 Å². The van der Waals surface area contributed by atoms with Crippen molar-refractivity contribution in [1.29, 1.82) is 0 Å². The topological polar surface area (TPSA) is 37.8 Å². The summed E-state index contributed by atoms with van der Waals surface area (Å²) >= 11 is 1.95. The lowest BCUT2D eigenvalue weighted by Crippen LogP contribution is -2.17. The molecule has 0 radical (unpaired) electrons. The molecule has 1 aromatic rings. The Kier molecular flexibility index (Phi) is 2.40. The van der Waals surface area contributed by atoms with Gasteiger partial charge in [0.2, 0.25) is 0 Å². The number of rotatable bonds is 4. The highest BCUT2D eigenvalue weighted by Gasteiger charge is 2.41. The highest BCUT2D eigenvalue weighted by Crippen LogP contribution is 2.46. The lowest BCUT2D eigenvalue weighted by atomic mass is 10.4. The van der Waals surface area contributed by atoms with Crippen molar-refractivity contribution in [2.45, 2.75) is 17.6 Å². The normalized spacial score (nSPS) is 18.2. The highest BCUT2D eigenvalue weighted by molar-refractivity contribution is 8.00. The summed E-state index contributed by atoms with van der Waals surface area (Å²) < 4.78 is 0.491. The van der Waals surface area contributed by atoms with E-state index in [4.69, 9.17) is 0 Å². The maximum atomic E-state index is 4.11. The Morgan fingerprint density at radius 2 is 2.46 bits per heavy atom. The average molecular weight is 195 g/mol. The van der Waals surface area contributed by atoms with Crippen LogP contribution < -0.4 is 5.32 Å². The molecule has 0 bridgehead atoms. The Labute approximate surface area is 82.4 Å². The van der Waals surface area contributed by atoms with E-state index in [-0.39, 0.29) is 0 Å². The second kappa shape index (κ2) is 3.54. The standard InChI is InChI=1S/C9H13N3S/c1-13-9(3-4-9)6-11-8-2-5-10-7-12-8/h2,5,7H,3-4,6H2,1H3,(H,10,11,12). The van der Waals surface area contributed by atoms with Crippen molar-refractivity contribution in [2.75, 3.05) is 18.1 Å². The van der Waals surface area contributed by atoms with Crippen LogP contribution in [0.4, 0.5) is 5.82 Å². The minimum atomic E-state index is 0.491. The number of thioether (sulfide) groups is 1. The van der Waals surface area contributed by atoms with Gasteiger partial charge in [-0.25, -0.2) is 9.97 Å². The lowest BCUT2D eigenvalue weighted by Gasteiger charge is -2.12. The van der Waals surface area contributed by atoms with Gasteiger partial charge in [-0.05, 0) is 25.2 Å². The van der Waals surface area contributed by atoms with Gasteiger partial charge in [0.05, 0.1) is 0 Å². The molecule has 1 saturated carbocycles. The molecule has 2 rings (SSSR count). The van der Waals surface area contributed by atoms with Gasteiger partial charge < -0.3 is 5.32 Å². The molecule has 70 valence electrons. The second-order valence-electron chi connectivity index (χ2n) is 3.34. The summed E-state index contributed by atoms with van der Waals surface area (Å²) in [5, 5.41) is 3.33. The van der Waals surface area contributed by atoms with Gasteiger partial charge >= 0.3 is 0 Å². The van der Waals surface area contributed by atoms with Crippen LogP contribution >= 0.6 is 11.8 Å². The zero-order chi connectivity index (χ0) is 9.15. The zero-order valence-electron chi connectivity index (χ0n) is 7.66. The van der Waals surface area contributed by atoms with Crippen molar-refractivity contribution in [3.8, 4) is 0 Å². The summed E-state index contributed by atoms with van der Waals surface area (Å²) in [6.45, 7) is 1.02. The first-order valence-electron chi connectivity index (χ1n) is 4.40. The molecule has 3 nitrogen and oxygen atoms in total. The fourth-order valence-electron chi connectivity index (χ4n) is 1.24. The Morgan fingerprint density at radius 1 is 1.62 bits per heavy atom. The molecule has 1 N–H and O–H groups in total. The van der Waals surface area contributed by atoms with Crippen LogP contribution in [0.5, 0.6) is 0 Å². The van der Waals surface area contributed by atoms with Gasteiger partial charge in [-0.15, -0.1) is 0 Å². The first kappa shape index (κ1) is 8.81. The SMILES string of the molecule is CSC1(CNc2ccncn2)CC1. The molecular weight excluding hydrogens is 182 g/mol. The quantitative estimate of drug-likeness (QED) is 0.794. The molecule has 0 saturated heterocycles. The molecule has 1 heterocycles. The van der Waals surface area contributed by atoms with Crippen LogP contribution in [-0.2, 0) is 0 Å². The third-order valence-corrected chi connectivity index (χ3v) is 3.83. The van der Waals surface area contributed by atoms with E-state index in [1.54, 1.807) is 12.5 Å².